The van der Waals surface area contributed by atoms with Gasteiger partial charge in [0.2, 0.25) is 5.91 Å². The van der Waals surface area contributed by atoms with Crippen LogP contribution in [0.15, 0.2) is 30.9 Å². The van der Waals surface area contributed by atoms with E-state index in [-0.39, 0.29) is 23.0 Å². The molecule has 0 heterocycles. The minimum atomic E-state index is -4.66. The number of hydrogen-bond donors (Lipinski definition) is 0. The van der Waals surface area contributed by atoms with Crippen LogP contribution < -0.4 is 0 Å². The monoisotopic (exact) mass is 482 g/mol. The van der Waals surface area contributed by atoms with Crippen LogP contribution in [-0.2, 0) is 15.1 Å². The van der Waals surface area contributed by atoms with Crippen molar-refractivity contribution in [2.75, 3.05) is 20.6 Å². The van der Waals surface area contributed by atoms with Crippen LogP contribution in [0.1, 0.15) is 39.2 Å². The summed E-state index contributed by atoms with van der Waals surface area (Å²) in [5, 5.41) is 0.453. The number of halogens is 5. The topological polar surface area (TPSA) is 49.9 Å². The summed E-state index contributed by atoms with van der Waals surface area (Å²) in [5.41, 5.74) is -1.67. The van der Waals surface area contributed by atoms with Crippen molar-refractivity contribution in [3.63, 3.8) is 0 Å². The van der Waals surface area contributed by atoms with Crippen LogP contribution in [-0.4, -0.2) is 54.2 Å². The average Bonchev–Trinajstić information content (AvgIpc) is 2.59. The van der Waals surface area contributed by atoms with Crippen LogP contribution in [0.25, 0.3) is 0 Å². The summed E-state index contributed by atoms with van der Waals surface area (Å²) in [4.78, 5) is 27.3. The standard InChI is InChI=1S/C21H27Cl2F3N2O3/c1-7-10-20(14-8-9-15(22)16(23)11-14,28(6)18(30)31-19(2,3)4)13-27(5)17(29)12-21(24,25)26/h7-9,11H,1,10,12-13H2,2-6H3/t20-/m1/s1. The molecule has 1 atom stereocenters. The molecule has 5 nitrogen and oxygen atoms in total. The summed E-state index contributed by atoms with van der Waals surface area (Å²) < 4.78 is 43.7. The van der Waals surface area contributed by atoms with E-state index >= 15 is 0 Å². The largest absolute Gasteiger partial charge is 0.444 e. The highest BCUT2D eigenvalue weighted by Gasteiger charge is 2.43. The van der Waals surface area contributed by atoms with E-state index in [0.717, 1.165) is 4.90 Å². The van der Waals surface area contributed by atoms with Crippen molar-refractivity contribution in [3.8, 4) is 0 Å². The third kappa shape index (κ3) is 7.61. The summed E-state index contributed by atoms with van der Waals surface area (Å²) in [5.74, 6) is -1.14. The minimum absolute atomic E-state index is 0.102. The van der Waals surface area contributed by atoms with E-state index in [1.807, 2.05) is 0 Å². The summed E-state index contributed by atoms with van der Waals surface area (Å²) in [7, 11) is 2.69. The Hall–Kier alpha value is -1.93. The first-order chi connectivity index (χ1) is 14.0. The Morgan fingerprint density at radius 3 is 2.16 bits per heavy atom. The maximum absolute atomic E-state index is 12.9. The number of alkyl halides is 3. The van der Waals surface area contributed by atoms with Gasteiger partial charge in [0.25, 0.3) is 0 Å². The van der Waals surface area contributed by atoms with Crippen molar-refractivity contribution < 1.29 is 27.5 Å². The van der Waals surface area contributed by atoms with E-state index in [9.17, 15) is 22.8 Å². The zero-order chi connectivity index (χ0) is 24.2. The van der Waals surface area contributed by atoms with Crippen LogP contribution in [0.4, 0.5) is 18.0 Å². The second-order valence-electron chi connectivity index (χ2n) is 8.23. The number of hydrogen-bond acceptors (Lipinski definition) is 3. The van der Waals surface area contributed by atoms with Crippen molar-refractivity contribution in [1.29, 1.82) is 0 Å². The maximum Gasteiger partial charge on any atom is 0.410 e. The number of carbonyl (C=O) groups excluding carboxylic acids is 2. The van der Waals surface area contributed by atoms with E-state index in [1.165, 1.54) is 37.2 Å². The Bertz CT molecular complexity index is 825. The highest BCUT2D eigenvalue weighted by molar-refractivity contribution is 6.42. The summed E-state index contributed by atoms with van der Waals surface area (Å²) in [6, 6.07) is 4.62. The molecule has 0 unspecified atom stereocenters. The van der Waals surface area contributed by atoms with Crippen molar-refractivity contribution in [1.82, 2.24) is 9.80 Å². The molecule has 31 heavy (non-hydrogen) atoms. The minimum Gasteiger partial charge on any atom is -0.444 e. The van der Waals surface area contributed by atoms with Gasteiger partial charge in [0, 0.05) is 20.6 Å². The molecule has 0 aliphatic rings. The molecule has 1 aromatic carbocycles. The molecule has 2 amide bonds. The number of amides is 2. The fourth-order valence-corrected chi connectivity index (χ4v) is 3.32. The summed E-state index contributed by atoms with van der Waals surface area (Å²) >= 11 is 12.2. The van der Waals surface area contributed by atoms with Gasteiger partial charge in [0.1, 0.15) is 12.0 Å². The third-order valence-corrected chi connectivity index (χ3v) is 5.26. The normalized spacial score (nSPS) is 13.9. The predicted molar refractivity (Wildman–Crippen MR) is 115 cm³/mol. The molecule has 0 saturated heterocycles. The lowest BCUT2D eigenvalue weighted by Crippen LogP contribution is -2.55. The second kappa shape index (κ2) is 10.1. The van der Waals surface area contributed by atoms with Crippen LogP contribution in [0.2, 0.25) is 10.0 Å². The fourth-order valence-electron chi connectivity index (χ4n) is 3.03. The molecule has 10 heteroatoms. The Morgan fingerprint density at radius 2 is 1.71 bits per heavy atom. The van der Waals surface area contributed by atoms with Gasteiger partial charge in [-0.25, -0.2) is 4.79 Å². The lowest BCUT2D eigenvalue weighted by molar-refractivity contribution is -0.161. The number of carbonyl (C=O) groups is 2. The first-order valence-corrected chi connectivity index (χ1v) is 10.1. The maximum atomic E-state index is 12.9. The molecule has 0 radical (unpaired) electrons. The van der Waals surface area contributed by atoms with Gasteiger partial charge in [0.05, 0.1) is 15.6 Å². The van der Waals surface area contributed by atoms with Crippen LogP contribution in [0.3, 0.4) is 0 Å². The lowest BCUT2D eigenvalue weighted by atomic mass is 9.84. The average molecular weight is 483 g/mol. The van der Waals surface area contributed by atoms with Gasteiger partial charge in [-0.2, -0.15) is 13.2 Å². The molecule has 0 aliphatic heterocycles. The number of ether oxygens (including phenoxy) is 1. The first-order valence-electron chi connectivity index (χ1n) is 9.36. The van der Waals surface area contributed by atoms with Gasteiger partial charge in [0.15, 0.2) is 0 Å². The molecule has 1 rings (SSSR count). The fraction of sp³-hybridized carbons (Fsp3) is 0.524. The molecule has 0 aromatic heterocycles. The Labute approximate surface area is 190 Å². The molecule has 0 bridgehead atoms. The van der Waals surface area contributed by atoms with Gasteiger partial charge >= 0.3 is 12.3 Å². The Kier molecular flexibility index (Phi) is 8.85. The molecule has 0 N–H and O–H groups in total. The van der Waals surface area contributed by atoms with Crippen molar-refractivity contribution in [2.24, 2.45) is 0 Å². The molecule has 0 saturated carbocycles. The number of benzene rings is 1. The molecule has 0 spiro atoms. The molecular formula is C21H27Cl2F3N2O3. The van der Waals surface area contributed by atoms with Gasteiger partial charge < -0.3 is 9.64 Å². The molecule has 0 fully saturated rings. The lowest BCUT2D eigenvalue weighted by Gasteiger charge is -2.44. The highest BCUT2D eigenvalue weighted by atomic mass is 35.5. The Morgan fingerprint density at radius 1 is 1.13 bits per heavy atom. The zero-order valence-electron chi connectivity index (χ0n) is 18.1. The Balaban J connectivity index is 3.53. The number of nitrogens with zero attached hydrogens (tertiary/aromatic N) is 2. The van der Waals surface area contributed by atoms with E-state index < -0.39 is 35.7 Å². The second-order valence-corrected chi connectivity index (χ2v) is 9.05. The van der Waals surface area contributed by atoms with Gasteiger partial charge in [-0.1, -0.05) is 35.3 Å². The molecule has 174 valence electrons. The van der Waals surface area contributed by atoms with E-state index in [0.29, 0.717) is 5.56 Å². The first kappa shape index (κ1) is 27.1. The summed E-state index contributed by atoms with van der Waals surface area (Å²) in [6.07, 6.45) is -5.40. The van der Waals surface area contributed by atoms with Crippen molar-refractivity contribution in [3.05, 3.63) is 46.5 Å². The van der Waals surface area contributed by atoms with Crippen LogP contribution in [0, 0.1) is 0 Å². The van der Waals surface area contributed by atoms with Crippen LogP contribution >= 0.6 is 23.2 Å². The number of likely N-dealkylation sites (N-methyl/N-ethyl adjacent to an activating group) is 2. The third-order valence-electron chi connectivity index (χ3n) is 4.52. The van der Waals surface area contributed by atoms with Gasteiger partial charge in [-0.3, -0.25) is 9.69 Å². The predicted octanol–water partition coefficient (Wildman–Crippen LogP) is 6.04. The van der Waals surface area contributed by atoms with Crippen molar-refractivity contribution >= 4 is 35.2 Å². The van der Waals surface area contributed by atoms with E-state index in [2.05, 4.69) is 6.58 Å². The van der Waals surface area contributed by atoms with Gasteiger partial charge in [-0.05, 0) is 44.9 Å². The highest BCUT2D eigenvalue weighted by Crippen LogP contribution is 2.37. The van der Waals surface area contributed by atoms with E-state index in [4.69, 9.17) is 27.9 Å². The van der Waals surface area contributed by atoms with Crippen LogP contribution in [0.5, 0.6) is 0 Å². The SMILES string of the molecule is C=CC[C@@](CN(C)C(=O)CC(F)(F)F)(c1ccc(Cl)c(Cl)c1)N(C)C(=O)OC(C)(C)C. The van der Waals surface area contributed by atoms with Crippen molar-refractivity contribution in [2.45, 2.75) is 50.9 Å². The number of rotatable bonds is 7. The molecule has 1 aromatic rings. The quantitative estimate of drug-likeness (QED) is 0.445. The zero-order valence-corrected chi connectivity index (χ0v) is 19.7. The smallest absolute Gasteiger partial charge is 0.410 e. The van der Waals surface area contributed by atoms with E-state index in [1.54, 1.807) is 26.8 Å². The molecule has 0 aliphatic carbocycles. The molecular weight excluding hydrogens is 456 g/mol. The van der Waals surface area contributed by atoms with Gasteiger partial charge in [-0.15, -0.1) is 6.58 Å². The summed E-state index contributed by atoms with van der Waals surface area (Å²) in [6.45, 7) is 8.52.